The largest absolute Gasteiger partial charge is 0.316 e. The Labute approximate surface area is 147 Å². The van der Waals surface area contributed by atoms with Crippen LogP contribution in [0.25, 0.3) is 0 Å². The van der Waals surface area contributed by atoms with Crippen molar-refractivity contribution in [3.05, 3.63) is 27.2 Å². The van der Waals surface area contributed by atoms with E-state index in [9.17, 15) is 0 Å². The van der Waals surface area contributed by atoms with Crippen molar-refractivity contribution in [2.24, 2.45) is 0 Å². The zero-order chi connectivity index (χ0) is 14.4. The normalized spacial score (nSPS) is 13.8. The molecule has 0 spiro atoms. The Kier molecular flexibility index (Phi) is 8.85. The Bertz CT molecular complexity index is 515. The zero-order valence-electron chi connectivity index (χ0n) is 11.8. The van der Waals surface area contributed by atoms with E-state index < -0.39 is 0 Å². The van der Waals surface area contributed by atoms with Crippen LogP contribution in [0.5, 0.6) is 0 Å². The highest BCUT2D eigenvalue weighted by Crippen LogP contribution is 2.38. The van der Waals surface area contributed by atoms with Crippen LogP contribution in [0.4, 0.5) is 0 Å². The Morgan fingerprint density at radius 1 is 1.14 bits per heavy atom. The van der Waals surface area contributed by atoms with E-state index in [0.29, 0.717) is 6.42 Å². The highest BCUT2D eigenvalue weighted by molar-refractivity contribution is 7.99. The fraction of sp³-hybridized carbons (Fsp3) is 0.533. The van der Waals surface area contributed by atoms with Gasteiger partial charge < -0.3 is 5.32 Å². The number of nitrogens with zero attached hydrogens (tertiary/aromatic N) is 1. The summed E-state index contributed by atoms with van der Waals surface area (Å²) in [6.45, 7) is 1.95. The van der Waals surface area contributed by atoms with E-state index in [2.05, 4.69) is 11.4 Å². The molecule has 2 nitrogen and oxygen atoms in total. The van der Waals surface area contributed by atoms with Crippen molar-refractivity contribution in [3.8, 4) is 6.07 Å². The summed E-state index contributed by atoms with van der Waals surface area (Å²) in [5.41, 5.74) is 2.57. The van der Waals surface area contributed by atoms with Gasteiger partial charge in [0, 0.05) is 16.3 Å². The molecule has 1 aromatic rings. The van der Waals surface area contributed by atoms with E-state index >= 15 is 0 Å². The smallest absolute Gasteiger partial charge is 0.0621 e. The quantitative estimate of drug-likeness (QED) is 0.596. The van der Waals surface area contributed by atoms with E-state index in [1.54, 1.807) is 11.8 Å². The molecule has 116 valence electrons. The molecule has 0 unspecified atom stereocenters. The van der Waals surface area contributed by atoms with Crippen LogP contribution >= 0.6 is 47.4 Å². The average Bonchev–Trinajstić information content (AvgIpc) is 2.67. The van der Waals surface area contributed by atoms with Gasteiger partial charge in [-0.05, 0) is 61.7 Å². The molecule has 1 heterocycles. The number of thioether (sulfide) groups is 1. The van der Waals surface area contributed by atoms with Gasteiger partial charge in [-0.25, -0.2) is 0 Å². The summed E-state index contributed by atoms with van der Waals surface area (Å²) in [5.74, 6) is 1.00. The van der Waals surface area contributed by atoms with Gasteiger partial charge in [0.05, 0.1) is 11.1 Å². The van der Waals surface area contributed by atoms with Crippen LogP contribution in [0, 0.1) is 11.3 Å². The van der Waals surface area contributed by atoms with Gasteiger partial charge in [-0.1, -0.05) is 23.2 Å². The van der Waals surface area contributed by atoms with Crippen LogP contribution in [-0.4, -0.2) is 18.8 Å². The van der Waals surface area contributed by atoms with Gasteiger partial charge >= 0.3 is 0 Å². The van der Waals surface area contributed by atoms with E-state index in [-0.39, 0.29) is 12.4 Å². The maximum absolute atomic E-state index is 8.55. The van der Waals surface area contributed by atoms with Crippen LogP contribution in [0.2, 0.25) is 10.0 Å². The molecule has 0 saturated carbocycles. The second-order valence-corrected chi connectivity index (χ2v) is 6.76. The molecule has 1 aliphatic heterocycles. The molecule has 0 atom stereocenters. The standard InChI is InChI=1S/C15H18Cl2N2S.ClH/c16-13-10-14(17)15(20-9-3-1-2-6-18)12-5-8-19-7-4-11(12)13;/h10,19H,1-5,7-9H2;1H. The second-order valence-electron chi connectivity index (χ2n) is 4.84. The molecular weight excluding hydrogens is 347 g/mol. The minimum atomic E-state index is 0. The van der Waals surface area contributed by atoms with Crippen LogP contribution in [0.3, 0.4) is 0 Å². The van der Waals surface area contributed by atoms with E-state index in [0.717, 1.165) is 54.6 Å². The predicted octanol–water partition coefficient (Wildman–Crippen LogP) is 4.89. The molecule has 0 amide bonds. The fourth-order valence-electron chi connectivity index (χ4n) is 2.41. The molecule has 1 aromatic carbocycles. The first kappa shape index (κ1) is 18.9. The number of benzene rings is 1. The molecule has 0 radical (unpaired) electrons. The third kappa shape index (κ3) is 5.23. The Morgan fingerprint density at radius 3 is 2.57 bits per heavy atom. The average molecular weight is 366 g/mol. The molecule has 0 bridgehead atoms. The number of nitrogens with one attached hydrogen (secondary N) is 1. The van der Waals surface area contributed by atoms with Gasteiger partial charge in [-0.2, -0.15) is 5.26 Å². The lowest BCUT2D eigenvalue weighted by atomic mass is 10.0. The summed E-state index contributed by atoms with van der Waals surface area (Å²) >= 11 is 14.5. The van der Waals surface area contributed by atoms with Crippen molar-refractivity contribution in [1.82, 2.24) is 5.32 Å². The molecule has 0 fully saturated rings. The zero-order valence-corrected chi connectivity index (χ0v) is 14.9. The van der Waals surface area contributed by atoms with Crippen molar-refractivity contribution in [3.63, 3.8) is 0 Å². The molecule has 0 aliphatic carbocycles. The maximum Gasteiger partial charge on any atom is 0.0621 e. The highest BCUT2D eigenvalue weighted by atomic mass is 35.5. The van der Waals surface area contributed by atoms with E-state index in [1.165, 1.54) is 16.0 Å². The molecular formula is C15H19Cl3N2S. The summed E-state index contributed by atoms with van der Waals surface area (Å²) in [7, 11) is 0. The first-order valence-electron chi connectivity index (χ1n) is 6.94. The number of nitriles is 1. The maximum atomic E-state index is 8.55. The van der Waals surface area contributed by atoms with Gasteiger partial charge in [0.2, 0.25) is 0 Å². The van der Waals surface area contributed by atoms with E-state index in [4.69, 9.17) is 28.5 Å². The third-order valence-corrected chi connectivity index (χ3v) is 5.43. The number of halogens is 3. The second kappa shape index (κ2) is 9.82. The van der Waals surface area contributed by atoms with Gasteiger partial charge in [0.25, 0.3) is 0 Å². The third-order valence-electron chi connectivity index (χ3n) is 3.43. The van der Waals surface area contributed by atoms with Crippen LogP contribution in [-0.2, 0) is 12.8 Å². The van der Waals surface area contributed by atoms with Crippen molar-refractivity contribution in [1.29, 1.82) is 5.26 Å². The van der Waals surface area contributed by atoms with Gasteiger partial charge in [-0.3, -0.25) is 0 Å². The van der Waals surface area contributed by atoms with Crippen molar-refractivity contribution >= 4 is 47.4 Å². The number of hydrogen-bond donors (Lipinski definition) is 1. The van der Waals surface area contributed by atoms with Gasteiger partial charge in [0.1, 0.15) is 0 Å². The van der Waals surface area contributed by atoms with Crippen LogP contribution in [0.15, 0.2) is 11.0 Å². The molecule has 1 aliphatic rings. The molecule has 2 rings (SSSR count). The summed E-state index contributed by atoms with van der Waals surface area (Å²) in [4.78, 5) is 1.19. The first-order chi connectivity index (χ1) is 9.74. The Morgan fingerprint density at radius 2 is 1.86 bits per heavy atom. The lowest BCUT2D eigenvalue weighted by Crippen LogP contribution is -2.16. The number of unbranched alkanes of at least 4 members (excludes halogenated alkanes) is 2. The molecule has 1 N–H and O–H groups in total. The van der Waals surface area contributed by atoms with Crippen LogP contribution in [0.1, 0.15) is 30.4 Å². The lowest BCUT2D eigenvalue weighted by Gasteiger charge is -2.15. The van der Waals surface area contributed by atoms with Crippen molar-refractivity contribution in [2.75, 3.05) is 18.8 Å². The number of rotatable bonds is 5. The summed E-state index contributed by atoms with van der Waals surface area (Å²) in [5, 5.41) is 13.5. The molecule has 0 aromatic heterocycles. The SMILES string of the molecule is Cl.N#CCCCCSc1c(Cl)cc(Cl)c2c1CCNCC2. The Balaban J connectivity index is 0.00000220. The first-order valence-corrected chi connectivity index (χ1v) is 8.68. The van der Waals surface area contributed by atoms with Crippen LogP contribution < -0.4 is 5.32 Å². The van der Waals surface area contributed by atoms with E-state index in [1.807, 2.05) is 6.07 Å². The minimum absolute atomic E-state index is 0. The van der Waals surface area contributed by atoms with Gasteiger partial charge in [-0.15, -0.1) is 24.2 Å². The fourth-order valence-corrected chi connectivity index (χ4v) is 4.32. The monoisotopic (exact) mass is 364 g/mol. The molecule has 21 heavy (non-hydrogen) atoms. The van der Waals surface area contributed by atoms with Gasteiger partial charge in [0.15, 0.2) is 0 Å². The minimum Gasteiger partial charge on any atom is -0.316 e. The summed E-state index contributed by atoms with van der Waals surface area (Å²) in [6, 6.07) is 4.06. The summed E-state index contributed by atoms with van der Waals surface area (Å²) < 4.78 is 0. The van der Waals surface area contributed by atoms with Crippen molar-refractivity contribution < 1.29 is 0 Å². The molecule has 0 saturated heterocycles. The molecule has 6 heteroatoms. The lowest BCUT2D eigenvalue weighted by molar-refractivity contribution is 0.709. The number of hydrogen-bond acceptors (Lipinski definition) is 3. The number of fused-ring (bicyclic) bond motifs is 1. The Hall–Kier alpha value is -0.110. The topological polar surface area (TPSA) is 35.8 Å². The highest BCUT2D eigenvalue weighted by Gasteiger charge is 2.18. The van der Waals surface area contributed by atoms with Crippen molar-refractivity contribution in [2.45, 2.75) is 37.0 Å². The predicted molar refractivity (Wildman–Crippen MR) is 94.2 cm³/mol. The summed E-state index contributed by atoms with van der Waals surface area (Å²) in [6.07, 6.45) is 4.59.